The third kappa shape index (κ3) is 5.53. The normalized spacial score (nSPS) is 17.6. The van der Waals surface area contributed by atoms with Gasteiger partial charge >= 0.3 is 0 Å². The summed E-state index contributed by atoms with van der Waals surface area (Å²) in [4.78, 5) is 44.8. The topological polar surface area (TPSA) is 119 Å². The second kappa shape index (κ2) is 11.2. The molecule has 0 aromatic heterocycles. The van der Waals surface area contributed by atoms with Gasteiger partial charge in [-0.25, -0.2) is 13.9 Å². The number of benzene rings is 3. The summed E-state index contributed by atoms with van der Waals surface area (Å²) >= 11 is 0.396. The molecule has 4 rings (SSSR count). The molecule has 0 aliphatic carbocycles. The lowest BCUT2D eigenvalue weighted by atomic mass is 10.1. The Balaban J connectivity index is 1.58. The van der Waals surface area contributed by atoms with E-state index in [1.54, 1.807) is 42.5 Å². The summed E-state index contributed by atoms with van der Waals surface area (Å²) in [6.07, 6.45) is -0.264. The van der Waals surface area contributed by atoms with E-state index in [0.717, 1.165) is 5.56 Å². The number of sulfone groups is 1. The summed E-state index contributed by atoms with van der Waals surface area (Å²) in [6.45, 7) is -0.610. The summed E-state index contributed by atoms with van der Waals surface area (Å²) < 4.78 is 30.7. The Hall–Kier alpha value is -3.67. The number of thioether (sulfide) groups is 1. The van der Waals surface area contributed by atoms with Crippen LogP contribution >= 0.6 is 11.8 Å². The summed E-state index contributed by atoms with van der Waals surface area (Å²) in [5.41, 5.74) is 3.55. The highest BCUT2D eigenvalue weighted by Crippen LogP contribution is 2.47. The lowest BCUT2D eigenvalue weighted by Gasteiger charge is -2.26. The van der Waals surface area contributed by atoms with Crippen molar-refractivity contribution in [2.45, 2.75) is 22.0 Å². The molecule has 3 amide bonds. The van der Waals surface area contributed by atoms with Crippen molar-refractivity contribution in [3.8, 4) is 5.75 Å². The molecule has 3 aromatic carbocycles. The van der Waals surface area contributed by atoms with Gasteiger partial charge in [0.15, 0.2) is 0 Å². The number of hydrogen-bond acceptors (Lipinski definition) is 8. The molecule has 192 valence electrons. The van der Waals surface area contributed by atoms with E-state index in [9.17, 15) is 22.8 Å². The molecular weight excluding hydrogens is 516 g/mol. The number of carbonyl (C=O) groups is 3. The standard InChI is InChI=1S/C26H24N2O7S2/c1-34-21-12-14-22(15-13-21)37(32,33)26(16-19-8-4-2-5-9-19)24(30)28(25(31)36-26)17-23(29)27-35-18-20-10-6-3-7-11-20/h2-15H,16-18H2,1H3,(H,27,29). The van der Waals surface area contributed by atoms with Crippen molar-refractivity contribution >= 4 is 38.7 Å². The lowest BCUT2D eigenvalue weighted by Crippen LogP contribution is -2.49. The number of nitrogens with zero attached hydrogens (tertiary/aromatic N) is 1. The monoisotopic (exact) mass is 540 g/mol. The number of carbonyl (C=O) groups excluding carboxylic acids is 3. The molecule has 1 heterocycles. The number of ether oxygens (including phenoxy) is 1. The SMILES string of the molecule is COc1ccc(S(=O)(=O)C2(Cc3ccccc3)SC(=O)N(CC(=O)NOCc3ccccc3)C2=O)cc1. The molecular formula is C26H24N2O7S2. The molecule has 1 fully saturated rings. The molecule has 1 atom stereocenters. The molecule has 1 aliphatic heterocycles. The fraction of sp³-hybridized carbons (Fsp3) is 0.192. The molecule has 9 nitrogen and oxygen atoms in total. The van der Waals surface area contributed by atoms with Crippen LogP contribution in [0.1, 0.15) is 11.1 Å². The smallest absolute Gasteiger partial charge is 0.290 e. The second-order valence-electron chi connectivity index (χ2n) is 8.15. The predicted molar refractivity (Wildman–Crippen MR) is 137 cm³/mol. The Morgan fingerprint density at radius 1 is 0.919 bits per heavy atom. The molecule has 0 spiro atoms. The van der Waals surface area contributed by atoms with E-state index in [1.807, 2.05) is 18.2 Å². The van der Waals surface area contributed by atoms with Crippen LogP contribution in [0.2, 0.25) is 0 Å². The number of amides is 3. The minimum Gasteiger partial charge on any atom is -0.497 e. The van der Waals surface area contributed by atoms with E-state index >= 15 is 0 Å². The highest BCUT2D eigenvalue weighted by atomic mass is 32.3. The minimum atomic E-state index is -4.39. The van der Waals surface area contributed by atoms with Gasteiger partial charge in [-0.3, -0.25) is 24.1 Å². The van der Waals surface area contributed by atoms with Gasteiger partial charge in [0.25, 0.3) is 17.1 Å². The zero-order valence-electron chi connectivity index (χ0n) is 19.8. The quantitative estimate of drug-likeness (QED) is 0.389. The zero-order valence-corrected chi connectivity index (χ0v) is 21.5. The Morgan fingerprint density at radius 3 is 2.11 bits per heavy atom. The maximum absolute atomic E-state index is 13.9. The van der Waals surface area contributed by atoms with Gasteiger partial charge in [-0.2, -0.15) is 0 Å². The van der Waals surface area contributed by atoms with Crippen LogP contribution in [0.3, 0.4) is 0 Å². The van der Waals surface area contributed by atoms with Crippen molar-refractivity contribution < 1.29 is 32.4 Å². The Kier molecular flexibility index (Phi) is 7.96. The third-order valence-electron chi connectivity index (χ3n) is 5.70. The molecule has 3 aromatic rings. The van der Waals surface area contributed by atoms with Gasteiger partial charge in [0.05, 0.1) is 18.6 Å². The summed E-state index contributed by atoms with van der Waals surface area (Å²) in [5, 5.41) is -0.837. The summed E-state index contributed by atoms with van der Waals surface area (Å²) in [6, 6.07) is 23.2. The van der Waals surface area contributed by atoms with E-state index in [1.165, 1.54) is 31.4 Å². The van der Waals surface area contributed by atoms with Crippen molar-refractivity contribution in [1.29, 1.82) is 0 Å². The van der Waals surface area contributed by atoms with Gasteiger partial charge in [-0.15, -0.1) is 0 Å². The highest BCUT2D eigenvalue weighted by Gasteiger charge is 2.62. The molecule has 0 saturated carbocycles. The highest BCUT2D eigenvalue weighted by molar-refractivity contribution is 8.25. The fourth-order valence-electron chi connectivity index (χ4n) is 3.80. The van der Waals surface area contributed by atoms with Gasteiger partial charge in [0.2, 0.25) is 13.9 Å². The first-order valence-electron chi connectivity index (χ1n) is 11.2. The average Bonchev–Trinajstić information content (AvgIpc) is 3.15. The molecule has 0 radical (unpaired) electrons. The van der Waals surface area contributed by atoms with Gasteiger partial charge in [0.1, 0.15) is 12.3 Å². The first-order chi connectivity index (χ1) is 17.8. The molecule has 1 unspecified atom stereocenters. The van der Waals surface area contributed by atoms with E-state index in [2.05, 4.69) is 5.48 Å². The zero-order chi connectivity index (χ0) is 26.5. The second-order valence-corrected chi connectivity index (χ2v) is 11.8. The molecule has 1 N–H and O–H groups in total. The first-order valence-corrected chi connectivity index (χ1v) is 13.5. The van der Waals surface area contributed by atoms with Gasteiger partial charge in [-0.05, 0) is 47.2 Å². The van der Waals surface area contributed by atoms with Crippen LogP contribution in [0.15, 0.2) is 89.8 Å². The minimum absolute atomic E-state index is 0.0764. The largest absolute Gasteiger partial charge is 0.497 e. The van der Waals surface area contributed by atoms with Crippen LogP contribution in [0.5, 0.6) is 5.75 Å². The number of nitrogens with one attached hydrogen (secondary N) is 1. The maximum Gasteiger partial charge on any atom is 0.290 e. The van der Waals surface area contributed by atoms with Crippen LogP contribution in [0, 0.1) is 0 Å². The molecule has 37 heavy (non-hydrogen) atoms. The summed E-state index contributed by atoms with van der Waals surface area (Å²) in [7, 11) is -2.95. The summed E-state index contributed by atoms with van der Waals surface area (Å²) in [5.74, 6) is -1.32. The van der Waals surface area contributed by atoms with Gasteiger partial charge < -0.3 is 4.74 Å². The molecule has 0 bridgehead atoms. The van der Waals surface area contributed by atoms with Crippen LogP contribution in [0.25, 0.3) is 0 Å². The maximum atomic E-state index is 13.9. The van der Waals surface area contributed by atoms with Crippen LogP contribution in [-0.4, -0.2) is 48.1 Å². The third-order valence-corrected chi connectivity index (χ3v) is 9.73. The number of hydroxylamine groups is 1. The van der Waals surface area contributed by atoms with Crippen molar-refractivity contribution in [3.05, 3.63) is 96.1 Å². The van der Waals surface area contributed by atoms with Crippen LogP contribution in [0.4, 0.5) is 4.79 Å². The van der Waals surface area contributed by atoms with Crippen LogP contribution in [-0.2, 0) is 37.3 Å². The van der Waals surface area contributed by atoms with E-state index in [-0.39, 0.29) is 17.9 Å². The van der Waals surface area contributed by atoms with E-state index < -0.39 is 37.5 Å². The Labute approximate surface area is 218 Å². The van der Waals surface area contributed by atoms with Gasteiger partial charge in [0, 0.05) is 6.42 Å². The number of methoxy groups -OCH3 is 1. The van der Waals surface area contributed by atoms with Gasteiger partial charge in [-0.1, -0.05) is 60.7 Å². The Bertz CT molecular complexity index is 1380. The van der Waals surface area contributed by atoms with Crippen LogP contribution < -0.4 is 10.2 Å². The predicted octanol–water partition coefficient (Wildman–Crippen LogP) is 3.35. The number of rotatable bonds is 10. The Morgan fingerprint density at radius 2 is 1.51 bits per heavy atom. The van der Waals surface area contributed by atoms with Crippen molar-refractivity contribution in [3.63, 3.8) is 0 Å². The number of imide groups is 1. The molecule has 11 heteroatoms. The average molecular weight is 541 g/mol. The van der Waals surface area contributed by atoms with Crippen molar-refractivity contribution in [1.82, 2.24) is 10.4 Å². The molecule has 1 saturated heterocycles. The van der Waals surface area contributed by atoms with E-state index in [0.29, 0.717) is 28.0 Å². The fourth-order valence-corrected chi connectivity index (χ4v) is 7.29. The van der Waals surface area contributed by atoms with Crippen molar-refractivity contribution in [2.24, 2.45) is 0 Å². The number of hydrogen-bond donors (Lipinski definition) is 1. The van der Waals surface area contributed by atoms with Crippen molar-refractivity contribution in [2.75, 3.05) is 13.7 Å². The van der Waals surface area contributed by atoms with E-state index in [4.69, 9.17) is 9.57 Å². The lowest BCUT2D eigenvalue weighted by molar-refractivity contribution is -0.139. The first kappa shape index (κ1) is 26.4. The molecule has 1 aliphatic rings.